The summed E-state index contributed by atoms with van der Waals surface area (Å²) in [6, 6.07) is 6.36. The fourth-order valence-electron chi connectivity index (χ4n) is 4.78. The van der Waals surface area contributed by atoms with Crippen molar-refractivity contribution in [2.75, 3.05) is 25.5 Å². The van der Waals surface area contributed by atoms with Crippen LogP contribution in [-0.2, 0) is 27.4 Å². The second-order valence-electron chi connectivity index (χ2n) is 9.50. The number of hydrogen-bond donors (Lipinski definition) is 1. The van der Waals surface area contributed by atoms with Crippen LogP contribution in [0.1, 0.15) is 42.0 Å². The topological polar surface area (TPSA) is 49.4 Å². The first-order chi connectivity index (χ1) is 17.0. The summed E-state index contributed by atoms with van der Waals surface area (Å²) in [4.78, 5) is 28.2. The van der Waals surface area contributed by atoms with Gasteiger partial charge in [0.2, 0.25) is 5.91 Å². The highest BCUT2D eigenvalue weighted by molar-refractivity contribution is 9.09. The van der Waals surface area contributed by atoms with Crippen LogP contribution in [0.25, 0.3) is 0 Å². The van der Waals surface area contributed by atoms with Crippen LogP contribution in [0.2, 0.25) is 0 Å². The van der Waals surface area contributed by atoms with Crippen LogP contribution in [-0.4, -0.2) is 47.6 Å². The van der Waals surface area contributed by atoms with Gasteiger partial charge >= 0.3 is 12.4 Å². The van der Waals surface area contributed by atoms with E-state index in [1.807, 2.05) is 0 Å². The molecule has 37 heavy (non-hydrogen) atoms. The first-order valence-electron chi connectivity index (χ1n) is 11.1. The molecule has 0 radical (unpaired) electrons. The second-order valence-corrected chi connectivity index (χ2v) is 10.1. The summed E-state index contributed by atoms with van der Waals surface area (Å²) in [6.07, 6.45) is -10.2. The van der Waals surface area contributed by atoms with Crippen LogP contribution in [0.4, 0.5) is 30.7 Å². The van der Waals surface area contributed by atoms with Crippen LogP contribution >= 0.6 is 15.9 Å². The third-order valence-electron chi connectivity index (χ3n) is 6.94. The van der Waals surface area contributed by atoms with E-state index in [1.54, 1.807) is 0 Å². The van der Waals surface area contributed by atoms with E-state index in [0.717, 1.165) is 4.90 Å². The summed E-state index contributed by atoms with van der Waals surface area (Å²) in [6.45, 7) is 2.63. The molecule has 2 aromatic carbocycles. The number of benzene rings is 2. The number of nitrogens with zero attached hydrogens (tertiary/aromatic N) is 1. The van der Waals surface area contributed by atoms with Crippen molar-refractivity contribution >= 4 is 27.6 Å². The molecule has 2 aromatic rings. The van der Waals surface area contributed by atoms with Gasteiger partial charge in [0, 0.05) is 26.1 Å². The van der Waals surface area contributed by atoms with E-state index in [9.17, 15) is 40.3 Å². The summed E-state index contributed by atoms with van der Waals surface area (Å²) in [7, 11) is 1.30. The zero-order valence-corrected chi connectivity index (χ0v) is 21.6. The maximum absolute atomic E-state index is 13.8. The minimum Gasteiger partial charge on any atom is -0.330 e. The third-order valence-corrected chi connectivity index (χ3v) is 7.45. The average molecular weight is 597 g/mol. The van der Waals surface area contributed by atoms with Gasteiger partial charge in [0.25, 0.3) is 0 Å². The van der Waals surface area contributed by atoms with Crippen LogP contribution in [0.15, 0.2) is 42.5 Å². The fraction of sp³-hybridized carbons (Fsp3) is 0.440. The molecule has 0 bridgehead atoms. The van der Waals surface area contributed by atoms with Gasteiger partial charge in [-0.25, -0.2) is 4.39 Å². The Balaban J connectivity index is 2.13. The number of Topliss-reactive ketones (excluding diaryl/α,β-unsaturated/α-hetero) is 1. The summed E-state index contributed by atoms with van der Waals surface area (Å²) >= 11 is 3.12. The van der Waals surface area contributed by atoms with Gasteiger partial charge in [-0.3, -0.25) is 9.59 Å². The first-order valence-corrected chi connectivity index (χ1v) is 12.2. The molecule has 0 saturated carbocycles. The molecular formula is C25H24BrF7N2O2. The van der Waals surface area contributed by atoms with Gasteiger partial charge < -0.3 is 10.2 Å². The molecule has 0 spiro atoms. The van der Waals surface area contributed by atoms with E-state index < -0.39 is 63.4 Å². The molecule has 0 aliphatic carbocycles. The van der Waals surface area contributed by atoms with Crippen molar-refractivity contribution in [1.82, 2.24) is 10.2 Å². The highest BCUT2D eigenvalue weighted by atomic mass is 79.9. The van der Waals surface area contributed by atoms with Crippen LogP contribution in [0.5, 0.6) is 0 Å². The molecule has 1 fully saturated rings. The lowest BCUT2D eigenvalue weighted by atomic mass is 9.75. The van der Waals surface area contributed by atoms with E-state index in [2.05, 4.69) is 21.2 Å². The highest BCUT2D eigenvalue weighted by Crippen LogP contribution is 2.42. The maximum Gasteiger partial charge on any atom is 0.416 e. The van der Waals surface area contributed by atoms with E-state index in [-0.39, 0.29) is 24.5 Å². The van der Waals surface area contributed by atoms with Crippen LogP contribution in [0, 0.1) is 5.82 Å². The number of carbonyl (C=O) groups is 2. The van der Waals surface area contributed by atoms with Crippen molar-refractivity contribution in [1.29, 1.82) is 0 Å². The molecule has 1 amide bonds. The predicted molar refractivity (Wildman–Crippen MR) is 126 cm³/mol. The van der Waals surface area contributed by atoms with Gasteiger partial charge in [-0.1, -0.05) is 28.1 Å². The number of hydrogen-bond acceptors (Lipinski definition) is 3. The van der Waals surface area contributed by atoms with Gasteiger partial charge in [-0.05, 0) is 55.3 Å². The number of likely N-dealkylation sites (N-methyl/N-ethyl adjacent to an activating group) is 1. The van der Waals surface area contributed by atoms with Gasteiger partial charge in [0.15, 0.2) is 5.78 Å². The Morgan fingerprint density at radius 1 is 0.973 bits per heavy atom. The zero-order valence-electron chi connectivity index (χ0n) is 20.0. The Bertz CT molecular complexity index is 1150. The monoisotopic (exact) mass is 596 g/mol. The van der Waals surface area contributed by atoms with Gasteiger partial charge in [0.05, 0.1) is 21.9 Å². The second kappa shape index (κ2) is 10.0. The lowest BCUT2D eigenvalue weighted by molar-refractivity contribution is -0.148. The van der Waals surface area contributed by atoms with Gasteiger partial charge in [0.1, 0.15) is 11.4 Å². The number of nitrogens with one attached hydrogen (secondary N) is 1. The van der Waals surface area contributed by atoms with Crippen molar-refractivity contribution in [2.45, 2.75) is 43.1 Å². The van der Waals surface area contributed by atoms with Crippen molar-refractivity contribution < 1.29 is 40.3 Å². The molecular weight excluding hydrogens is 573 g/mol. The molecule has 1 heterocycles. The van der Waals surface area contributed by atoms with Crippen molar-refractivity contribution in [3.05, 3.63) is 70.5 Å². The SMILES string of the molecule is CN(C(=O)C(C)(C)c1cc(C(F)(F)F)cc(C(F)(F)F)c1)[C@]1(C(=O)CBr)CNC[C@H]1c1ccc(F)cc1. The standard InChI is InChI=1S/C25H24BrF7N2O2/c1-22(2,15-8-16(24(28,29)30)10-17(9-15)25(31,32)33)21(37)35(3)23(20(36)11-26)13-34-12-19(23)14-4-6-18(27)7-5-14/h4-10,19,34H,11-13H2,1-3H3/t19-,23+/m0/s1. The minimum absolute atomic E-state index is 0.00488. The molecule has 0 aromatic heterocycles. The normalized spacial score (nSPS) is 20.7. The molecule has 2 atom stereocenters. The smallest absolute Gasteiger partial charge is 0.330 e. The number of rotatable bonds is 6. The Hall–Kier alpha value is -2.47. The number of ketones is 1. The molecule has 4 nitrogen and oxygen atoms in total. The highest BCUT2D eigenvalue weighted by Gasteiger charge is 2.55. The number of amides is 1. The van der Waals surface area contributed by atoms with Crippen LogP contribution < -0.4 is 5.32 Å². The molecule has 3 rings (SSSR count). The van der Waals surface area contributed by atoms with E-state index in [0.29, 0.717) is 17.7 Å². The molecule has 12 heteroatoms. The van der Waals surface area contributed by atoms with Gasteiger partial charge in [-0.15, -0.1) is 0 Å². The average Bonchev–Trinajstić information content (AvgIpc) is 3.27. The number of alkyl halides is 7. The van der Waals surface area contributed by atoms with Gasteiger partial charge in [-0.2, -0.15) is 26.3 Å². The van der Waals surface area contributed by atoms with E-state index in [4.69, 9.17) is 0 Å². The molecule has 1 aliphatic heterocycles. The summed E-state index contributed by atoms with van der Waals surface area (Å²) in [5.74, 6) is -2.46. The number of carbonyl (C=O) groups excluding carboxylic acids is 2. The minimum atomic E-state index is -5.09. The number of halogens is 8. The predicted octanol–water partition coefficient (Wildman–Crippen LogP) is 5.69. The Morgan fingerprint density at radius 2 is 1.46 bits per heavy atom. The lowest BCUT2D eigenvalue weighted by Gasteiger charge is -2.44. The molecule has 0 unspecified atom stereocenters. The third kappa shape index (κ3) is 5.41. The molecule has 1 saturated heterocycles. The zero-order chi connectivity index (χ0) is 28.0. The quantitative estimate of drug-likeness (QED) is 0.344. The molecule has 1 aliphatic rings. The van der Waals surface area contributed by atoms with Crippen molar-refractivity contribution in [3.63, 3.8) is 0 Å². The molecule has 1 N–H and O–H groups in total. The van der Waals surface area contributed by atoms with Crippen LogP contribution in [0.3, 0.4) is 0 Å². The van der Waals surface area contributed by atoms with E-state index >= 15 is 0 Å². The van der Waals surface area contributed by atoms with Crippen molar-refractivity contribution in [2.24, 2.45) is 0 Å². The van der Waals surface area contributed by atoms with Crippen molar-refractivity contribution in [3.8, 4) is 0 Å². The lowest BCUT2D eigenvalue weighted by Crippen LogP contribution is -2.62. The Morgan fingerprint density at radius 3 is 1.92 bits per heavy atom. The summed E-state index contributed by atoms with van der Waals surface area (Å²) < 4.78 is 94.3. The fourth-order valence-corrected chi connectivity index (χ4v) is 5.26. The van der Waals surface area contributed by atoms with E-state index in [1.165, 1.54) is 45.2 Å². The summed E-state index contributed by atoms with van der Waals surface area (Å²) in [5, 5.41) is 2.88. The first kappa shape index (κ1) is 29.1. The Kier molecular flexibility index (Phi) is 7.87. The summed E-state index contributed by atoms with van der Waals surface area (Å²) in [5.41, 5.74) is -6.47. The largest absolute Gasteiger partial charge is 0.416 e. The maximum atomic E-state index is 13.8. The molecule has 202 valence electrons. The Labute approximate surface area is 217 Å².